The molecule has 2 amide bonds. The van der Waals surface area contributed by atoms with E-state index in [1.165, 1.54) is 11.3 Å². The number of ether oxygens (including phenoxy) is 1. The number of rotatable bonds is 4. The van der Waals surface area contributed by atoms with Crippen LogP contribution in [0, 0.1) is 0 Å². The third-order valence-corrected chi connectivity index (χ3v) is 5.71. The number of hydrogen-bond acceptors (Lipinski definition) is 6. The zero-order valence-electron chi connectivity index (χ0n) is 15.1. The summed E-state index contributed by atoms with van der Waals surface area (Å²) in [5, 5.41) is 7.90. The maximum absolute atomic E-state index is 12.3. The van der Waals surface area contributed by atoms with Gasteiger partial charge in [-0.05, 0) is 31.2 Å². The van der Waals surface area contributed by atoms with Crippen LogP contribution in [0.1, 0.15) is 17.5 Å². The second kappa shape index (κ2) is 7.76. The number of esters is 1. The molecule has 8 nitrogen and oxygen atoms in total. The number of halogens is 1. The molecule has 3 heterocycles. The summed E-state index contributed by atoms with van der Waals surface area (Å²) in [7, 11) is 0. The minimum Gasteiger partial charge on any atom is -0.465 e. The minimum atomic E-state index is -0.443. The van der Waals surface area contributed by atoms with Crippen molar-refractivity contribution in [1.82, 2.24) is 24.8 Å². The summed E-state index contributed by atoms with van der Waals surface area (Å²) >= 11 is 7.46. The number of carbonyl (C=O) groups is 2. The first-order valence-corrected chi connectivity index (χ1v) is 10.1. The molecule has 0 bridgehead atoms. The highest BCUT2D eigenvalue weighted by Crippen LogP contribution is 2.29. The molecule has 1 N–H and O–H groups in total. The lowest BCUT2D eigenvalue weighted by molar-refractivity contribution is -0.141. The van der Waals surface area contributed by atoms with Gasteiger partial charge in [-0.2, -0.15) is 4.98 Å². The van der Waals surface area contributed by atoms with Crippen LogP contribution in [0.4, 0.5) is 4.79 Å². The summed E-state index contributed by atoms with van der Waals surface area (Å²) in [5.74, 6) is 0.211. The summed E-state index contributed by atoms with van der Waals surface area (Å²) in [6, 6.07) is 7.13. The van der Waals surface area contributed by atoms with Crippen molar-refractivity contribution in [3.05, 3.63) is 39.9 Å². The second-order valence-electron chi connectivity index (χ2n) is 6.24. The lowest BCUT2D eigenvalue weighted by Crippen LogP contribution is -2.44. The number of thiazole rings is 1. The standard InChI is InChI=1S/C18H18ClN5O3S/c1-2-27-15(25)9-20-17(26)23-8-7-13-14(10-23)28-18-21-16(22-24(13)18)11-3-5-12(19)6-4-11/h3-6H,2,7-10H2,1H3,(H,20,26). The predicted octanol–water partition coefficient (Wildman–Crippen LogP) is 2.74. The van der Waals surface area contributed by atoms with Crippen molar-refractivity contribution >= 4 is 39.9 Å². The highest BCUT2D eigenvalue weighted by atomic mass is 35.5. The third kappa shape index (κ3) is 3.67. The summed E-state index contributed by atoms with van der Waals surface area (Å²) < 4.78 is 6.68. The van der Waals surface area contributed by atoms with E-state index in [9.17, 15) is 9.59 Å². The van der Waals surface area contributed by atoms with Crippen molar-refractivity contribution < 1.29 is 14.3 Å². The van der Waals surface area contributed by atoms with Crippen molar-refractivity contribution in [2.45, 2.75) is 19.9 Å². The van der Waals surface area contributed by atoms with Gasteiger partial charge in [0.2, 0.25) is 4.96 Å². The van der Waals surface area contributed by atoms with Crippen LogP contribution in [0.3, 0.4) is 0 Å². The van der Waals surface area contributed by atoms with Gasteiger partial charge in [-0.15, -0.1) is 5.10 Å². The number of fused-ring (bicyclic) bond motifs is 3. The van der Waals surface area contributed by atoms with E-state index in [2.05, 4.69) is 15.4 Å². The van der Waals surface area contributed by atoms with Gasteiger partial charge in [-0.3, -0.25) is 4.79 Å². The number of amides is 2. The molecule has 0 radical (unpaired) electrons. The molecule has 0 saturated carbocycles. The van der Waals surface area contributed by atoms with Crippen LogP contribution in [0.15, 0.2) is 24.3 Å². The number of aromatic nitrogens is 3. The molecular formula is C18H18ClN5O3S. The van der Waals surface area contributed by atoms with Gasteiger partial charge in [0.05, 0.1) is 18.8 Å². The number of nitrogens with zero attached hydrogens (tertiary/aromatic N) is 4. The van der Waals surface area contributed by atoms with Crippen molar-refractivity contribution in [2.24, 2.45) is 0 Å². The molecule has 1 aromatic carbocycles. The Hall–Kier alpha value is -2.65. The van der Waals surface area contributed by atoms with Crippen LogP contribution >= 0.6 is 22.9 Å². The predicted molar refractivity (Wildman–Crippen MR) is 105 cm³/mol. The fraction of sp³-hybridized carbons (Fsp3) is 0.333. The Labute approximate surface area is 170 Å². The Morgan fingerprint density at radius 2 is 2.11 bits per heavy atom. The average Bonchev–Trinajstić information content (AvgIpc) is 3.24. The zero-order valence-corrected chi connectivity index (χ0v) is 16.7. The summed E-state index contributed by atoms with van der Waals surface area (Å²) in [6.07, 6.45) is 0.672. The molecule has 3 aromatic rings. The fourth-order valence-corrected chi connectivity index (χ4v) is 4.30. The molecule has 0 unspecified atom stereocenters. The highest BCUT2D eigenvalue weighted by Gasteiger charge is 2.26. The highest BCUT2D eigenvalue weighted by molar-refractivity contribution is 7.17. The number of benzene rings is 1. The second-order valence-corrected chi connectivity index (χ2v) is 7.74. The number of hydrogen-bond donors (Lipinski definition) is 1. The molecule has 1 aliphatic heterocycles. The molecule has 0 atom stereocenters. The first kappa shape index (κ1) is 18.7. The Morgan fingerprint density at radius 3 is 2.86 bits per heavy atom. The summed E-state index contributed by atoms with van der Waals surface area (Å²) in [5.41, 5.74) is 1.98. The first-order chi connectivity index (χ1) is 13.5. The van der Waals surface area contributed by atoms with Gasteiger partial charge < -0.3 is 15.0 Å². The van der Waals surface area contributed by atoms with E-state index < -0.39 is 5.97 Å². The number of carbonyl (C=O) groups excluding carboxylic acids is 2. The van der Waals surface area contributed by atoms with Crippen LogP contribution in [0.2, 0.25) is 5.02 Å². The van der Waals surface area contributed by atoms with Crippen molar-refractivity contribution in [2.75, 3.05) is 19.7 Å². The Bertz CT molecular complexity index is 1030. The Kier molecular flexibility index (Phi) is 5.19. The van der Waals surface area contributed by atoms with Crippen LogP contribution in [0.5, 0.6) is 0 Å². The molecule has 4 rings (SSSR count). The fourth-order valence-electron chi connectivity index (χ4n) is 3.06. The monoisotopic (exact) mass is 419 g/mol. The minimum absolute atomic E-state index is 0.129. The smallest absolute Gasteiger partial charge is 0.325 e. The molecule has 0 fully saturated rings. The van der Waals surface area contributed by atoms with Crippen LogP contribution in [-0.4, -0.2) is 51.2 Å². The molecule has 10 heteroatoms. The van der Waals surface area contributed by atoms with E-state index >= 15 is 0 Å². The van der Waals surface area contributed by atoms with Gasteiger partial charge in [-0.1, -0.05) is 22.9 Å². The average molecular weight is 420 g/mol. The van der Waals surface area contributed by atoms with Crippen LogP contribution < -0.4 is 5.32 Å². The Morgan fingerprint density at radius 1 is 1.32 bits per heavy atom. The third-order valence-electron chi connectivity index (χ3n) is 4.40. The maximum Gasteiger partial charge on any atom is 0.325 e. The summed E-state index contributed by atoms with van der Waals surface area (Å²) in [6.45, 7) is 2.91. The Balaban J connectivity index is 1.48. The van der Waals surface area contributed by atoms with E-state index in [1.54, 1.807) is 11.8 Å². The van der Waals surface area contributed by atoms with Gasteiger partial charge in [0.15, 0.2) is 5.82 Å². The lowest BCUT2D eigenvalue weighted by atomic mass is 10.2. The van der Waals surface area contributed by atoms with Gasteiger partial charge in [0.1, 0.15) is 6.54 Å². The van der Waals surface area contributed by atoms with Gasteiger partial charge in [-0.25, -0.2) is 9.31 Å². The van der Waals surface area contributed by atoms with Gasteiger partial charge in [0.25, 0.3) is 0 Å². The van der Waals surface area contributed by atoms with Gasteiger partial charge >= 0.3 is 12.0 Å². The van der Waals surface area contributed by atoms with E-state index in [0.717, 1.165) is 21.1 Å². The molecule has 1 aliphatic rings. The van der Waals surface area contributed by atoms with Gasteiger partial charge in [0, 0.05) is 28.4 Å². The molecule has 146 valence electrons. The maximum atomic E-state index is 12.3. The number of urea groups is 1. The molecule has 28 heavy (non-hydrogen) atoms. The van der Waals surface area contributed by atoms with Crippen molar-refractivity contribution in [3.63, 3.8) is 0 Å². The molecule has 0 aliphatic carbocycles. The molecule has 2 aromatic heterocycles. The largest absolute Gasteiger partial charge is 0.465 e. The van der Waals surface area contributed by atoms with Crippen LogP contribution in [0.25, 0.3) is 16.3 Å². The number of nitrogens with one attached hydrogen (secondary N) is 1. The SMILES string of the molecule is CCOC(=O)CNC(=O)N1CCc2c(sc3nc(-c4ccc(Cl)cc4)nn23)C1. The van der Waals surface area contributed by atoms with Crippen LogP contribution in [-0.2, 0) is 22.5 Å². The van der Waals surface area contributed by atoms with E-state index in [-0.39, 0.29) is 12.6 Å². The van der Waals surface area contributed by atoms with E-state index in [1.807, 2.05) is 28.8 Å². The molecule has 0 saturated heterocycles. The van der Waals surface area contributed by atoms with Crippen molar-refractivity contribution in [3.8, 4) is 11.4 Å². The quantitative estimate of drug-likeness (QED) is 0.657. The van der Waals surface area contributed by atoms with E-state index in [0.29, 0.717) is 37.0 Å². The first-order valence-electron chi connectivity index (χ1n) is 8.87. The van der Waals surface area contributed by atoms with Crippen molar-refractivity contribution in [1.29, 1.82) is 0 Å². The molecular weight excluding hydrogens is 402 g/mol. The zero-order chi connectivity index (χ0) is 19.7. The lowest BCUT2D eigenvalue weighted by Gasteiger charge is -2.26. The normalized spacial score (nSPS) is 13.4. The topological polar surface area (TPSA) is 88.8 Å². The molecule has 0 spiro atoms. The summed E-state index contributed by atoms with van der Waals surface area (Å²) in [4.78, 5) is 31.8. The van der Waals surface area contributed by atoms with E-state index in [4.69, 9.17) is 16.3 Å².